The molecule has 0 bridgehead atoms. The highest BCUT2D eigenvalue weighted by atomic mass is 35.5. The standard InChI is InChI=1S/C19H20ClFN2O/c1-2-16-12-23(9-8-22-16)19(24)15-5-3-4-13(10-15)14-6-7-18(21)17(20)11-14/h3-7,10-11,16,22H,2,8-9,12H2,1H3. The van der Waals surface area contributed by atoms with E-state index < -0.39 is 5.82 Å². The van der Waals surface area contributed by atoms with Gasteiger partial charge in [0.15, 0.2) is 0 Å². The summed E-state index contributed by atoms with van der Waals surface area (Å²) in [6.07, 6.45) is 0.998. The maximum atomic E-state index is 13.3. The summed E-state index contributed by atoms with van der Waals surface area (Å²) in [5, 5.41) is 3.49. The van der Waals surface area contributed by atoms with E-state index in [1.807, 2.05) is 29.2 Å². The van der Waals surface area contributed by atoms with Crippen LogP contribution in [0.15, 0.2) is 42.5 Å². The molecule has 0 aliphatic carbocycles. The van der Waals surface area contributed by atoms with Crippen LogP contribution in [0.4, 0.5) is 4.39 Å². The number of hydrogen-bond donors (Lipinski definition) is 1. The molecule has 3 rings (SSSR count). The van der Waals surface area contributed by atoms with Crippen LogP contribution < -0.4 is 5.32 Å². The van der Waals surface area contributed by atoms with E-state index in [0.717, 1.165) is 30.6 Å². The van der Waals surface area contributed by atoms with E-state index in [0.29, 0.717) is 18.2 Å². The fourth-order valence-electron chi connectivity index (χ4n) is 2.97. The van der Waals surface area contributed by atoms with Crippen molar-refractivity contribution in [1.82, 2.24) is 10.2 Å². The van der Waals surface area contributed by atoms with Crippen LogP contribution in [0.1, 0.15) is 23.7 Å². The lowest BCUT2D eigenvalue weighted by Crippen LogP contribution is -2.52. The van der Waals surface area contributed by atoms with Gasteiger partial charge in [-0.05, 0) is 41.8 Å². The van der Waals surface area contributed by atoms with Crippen molar-refractivity contribution in [3.8, 4) is 11.1 Å². The van der Waals surface area contributed by atoms with Gasteiger partial charge in [-0.15, -0.1) is 0 Å². The Hall–Kier alpha value is -1.91. The Morgan fingerprint density at radius 1 is 1.29 bits per heavy atom. The van der Waals surface area contributed by atoms with Crippen LogP contribution in [-0.2, 0) is 0 Å². The molecule has 1 aliphatic heterocycles. The summed E-state index contributed by atoms with van der Waals surface area (Å²) in [5.41, 5.74) is 2.29. The monoisotopic (exact) mass is 346 g/mol. The van der Waals surface area contributed by atoms with Crippen molar-refractivity contribution in [2.75, 3.05) is 19.6 Å². The summed E-state index contributed by atoms with van der Waals surface area (Å²) in [6, 6.07) is 12.3. The van der Waals surface area contributed by atoms with Gasteiger partial charge >= 0.3 is 0 Å². The number of benzene rings is 2. The minimum absolute atomic E-state index is 0.0324. The topological polar surface area (TPSA) is 32.3 Å². The van der Waals surface area contributed by atoms with Gasteiger partial charge in [-0.2, -0.15) is 0 Å². The van der Waals surface area contributed by atoms with E-state index in [2.05, 4.69) is 12.2 Å². The molecule has 3 nitrogen and oxygen atoms in total. The van der Waals surface area contributed by atoms with Crippen molar-refractivity contribution in [2.45, 2.75) is 19.4 Å². The van der Waals surface area contributed by atoms with Crippen molar-refractivity contribution >= 4 is 17.5 Å². The Kier molecular flexibility index (Phi) is 5.17. The summed E-state index contributed by atoms with van der Waals surface area (Å²) in [6.45, 7) is 4.37. The number of nitrogens with one attached hydrogen (secondary N) is 1. The zero-order valence-corrected chi connectivity index (χ0v) is 14.3. The Morgan fingerprint density at radius 2 is 2.08 bits per heavy atom. The zero-order valence-electron chi connectivity index (χ0n) is 13.6. The molecule has 1 amide bonds. The molecule has 24 heavy (non-hydrogen) atoms. The third-order valence-corrected chi connectivity index (χ3v) is 4.69. The zero-order chi connectivity index (χ0) is 17.1. The molecule has 2 aromatic rings. The van der Waals surface area contributed by atoms with Gasteiger partial charge in [0.05, 0.1) is 5.02 Å². The number of carbonyl (C=O) groups is 1. The Morgan fingerprint density at radius 3 is 2.83 bits per heavy atom. The number of hydrogen-bond acceptors (Lipinski definition) is 2. The van der Waals surface area contributed by atoms with Crippen molar-refractivity contribution in [1.29, 1.82) is 0 Å². The summed E-state index contributed by atoms with van der Waals surface area (Å²) in [4.78, 5) is 14.7. The number of nitrogens with zero attached hydrogens (tertiary/aromatic N) is 1. The highest BCUT2D eigenvalue weighted by Gasteiger charge is 2.23. The Balaban J connectivity index is 1.84. The molecule has 126 valence electrons. The highest BCUT2D eigenvalue weighted by molar-refractivity contribution is 6.31. The van der Waals surface area contributed by atoms with Gasteiger partial charge in [0.1, 0.15) is 5.82 Å². The average Bonchev–Trinajstić information content (AvgIpc) is 2.63. The molecule has 1 atom stereocenters. The van der Waals surface area contributed by atoms with E-state index in [4.69, 9.17) is 11.6 Å². The minimum Gasteiger partial charge on any atom is -0.336 e. The predicted octanol–water partition coefficient (Wildman–Crippen LogP) is 3.97. The lowest BCUT2D eigenvalue weighted by Gasteiger charge is -2.33. The lowest BCUT2D eigenvalue weighted by atomic mass is 10.0. The molecule has 0 radical (unpaired) electrons. The van der Waals surface area contributed by atoms with Gasteiger partial charge in [0.2, 0.25) is 0 Å². The molecule has 5 heteroatoms. The SMILES string of the molecule is CCC1CN(C(=O)c2cccc(-c3ccc(F)c(Cl)c3)c2)CCN1. The van der Waals surface area contributed by atoms with Gasteiger partial charge < -0.3 is 10.2 Å². The van der Waals surface area contributed by atoms with Crippen LogP contribution in [0.25, 0.3) is 11.1 Å². The van der Waals surface area contributed by atoms with Crippen molar-refractivity contribution < 1.29 is 9.18 Å². The maximum Gasteiger partial charge on any atom is 0.253 e. The predicted molar refractivity (Wildman–Crippen MR) is 94.8 cm³/mol. The number of amides is 1. The summed E-state index contributed by atoms with van der Waals surface area (Å²) in [5.74, 6) is -0.413. The van der Waals surface area contributed by atoms with Gasteiger partial charge in [-0.3, -0.25) is 4.79 Å². The third kappa shape index (κ3) is 3.60. The van der Waals surface area contributed by atoms with E-state index in [9.17, 15) is 9.18 Å². The number of piperazine rings is 1. The van der Waals surface area contributed by atoms with Crippen LogP contribution in [0.5, 0.6) is 0 Å². The second-order valence-electron chi connectivity index (χ2n) is 6.02. The molecule has 1 fully saturated rings. The Labute approximate surface area is 146 Å². The van der Waals surface area contributed by atoms with Crippen LogP contribution in [0.3, 0.4) is 0 Å². The molecule has 1 N–H and O–H groups in total. The first-order valence-corrected chi connectivity index (χ1v) is 8.54. The maximum absolute atomic E-state index is 13.3. The molecule has 1 unspecified atom stereocenters. The van der Waals surface area contributed by atoms with Gasteiger partial charge in [-0.25, -0.2) is 4.39 Å². The van der Waals surface area contributed by atoms with Crippen molar-refractivity contribution in [3.05, 3.63) is 58.9 Å². The van der Waals surface area contributed by atoms with Gasteiger partial charge in [-0.1, -0.05) is 36.7 Å². The molecular weight excluding hydrogens is 327 g/mol. The summed E-state index contributed by atoms with van der Waals surface area (Å²) in [7, 11) is 0. The van der Waals surface area contributed by atoms with E-state index in [1.165, 1.54) is 6.07 Å². The molecular formula is C19H20ClFN2O. The first-order chi connectivity index (χ1) is 11.6. The first kappa shape index (κ1) is 16.9. The molecule has 1 saturated heterocycles. The normalized spacial score (nSPS) is 17.8. The van der Waals surface area contributed by atoms with Gasteiger partial charge in [0, 0.05) is 31.2 Å². The fourth-order valence-corrected chi connectivity index (χ4v) is 3.15. The van der Waals surface area contributed by atoms with Crippen molar-refractivity contribution in [2.24, 2.45) is 0 Å². The van der Waals surface area contributed by atoms with Gasteiger partial charge in [0.25, 0.3) is 5.91 Å². The van der Waals surface area contributed by atoms with Crippen LogP contribution in [0, 0.1) is 5.82 Å². The average molecular weight is 347 g/mol. The fraction of sp³-hybridized carbons (Fsp3) is 0.316. The number of carbonyl (C=O) groups excluding carboxylic acids is 1. The Bertz CT molecular complexity index is 750. The molecule has 0 saturated carbocycles. The van der Waals surface area contributed by atoms with Crippen molar-refractivity contribution in [3.63, 3.8) is 0 Å². The van der Waals surface area contributed by atoms with Crippen LogP contribution in [0.2, 0.25) is 5.02 Å². The number of rotatable bonds is 3. The van der Waals surface area contributed by atoms with E-state index >= 15 is 0 Å². The number of halogens is 2. The molecule has 1 heterocycles. The molecule has 0 spiro atoms. The first-order valence-electron chi connectivity index (χ1n) is 8.16. The van der Waals surface area contributed by atoms with E-state index in [-0.39, 0.29) is 10.9 Å². The molecule has 2 aromatic carbocycles. The second-order valence-corrected chi connectivity index (χ2v) is 6.43. The summed E-state index contributed by atoms with van der Waals surface area (Å²) < 4.78 is 13.3. The van der Waals surface area contributed by atoms with E-state index in [1.54, 1.807) is 12.1 Å². The quantitative estimate of drug-likeness (QED) is 0.912. The van der Waals surface area contributed by atoms with Crippen LogP contribution >= 0.6 is 11.6 Å². The minimum atomic E-state index is -0.445. The van der Waals surface area contributed by atoms with Crippen LogP contribution in [-0.4, -0.2) is 36.5 Å². The lowest BCUT2D eigenvalue weighted by molar-refractivity contribution is 0.0701. The highest BCUT2D eigenvalue weighted by Crippen LogP contribution is 2.26. The second kappa shape index (κ2) is 7.32. The summed E-state index contributed by atoms with van der Waals surface area (Å²) >= 11 is 5.86. The largest absolute Gasteiger partial charge is 0.336 e. The third-order valence-electron chi connectivity index (χ3n) is 4.40. The molecule has 1 aliphatic rings. The molecule has 0 aromatic heterocycles. The smallest absolute Gasteiger partial charge is 0.253 e.